The fourth-order valence-corrected chi connectivity index (χ4v) is 2.36. The van der Waals surface area contributed by atoms with Crippen molar-refractivity contribution in [1.82, 2.24) is 10.4 Å². The van der Waals surface area contributed by atoms with E-state index in [0.717, 1.165) is 18.8 Å². The van der Waals surface area contributed by atoms with Crippen molar-refractivity contribution in [2.24, 2.45) is 22.4 Å². The number of fused-ring (bicyclic) bond motifs is 1. The fourth-order valence-electron chi connectivity index (χ4n) is 2.36. The Morgan fingerprint density at radius 3 is 3.25 bits per heavy atom. The summed E-state index contributed by atoms with van der Waals surface area (Å²) in [5, 5.41) is 1.82. The smallest absolute Gasteiger partial charge is 0.214 e. The van der Waals surface area contributed by atoms with Gasteiger partial charge in [0, 0.05) is 12.5 Å². The largest absolute Gasteiger partial charge is 0.381 e. The Morgan fingerprint density at radius 2 is 2.50 bits per heavy atom. The van der Waals surface area contributed by atoms with E-state index in [-0.39, 0.29) is 5.92 Å². The third-order valence-corrected chi connectivity index (χ3v) is 3.27. The molecule has 0 aliphatic carbocycles. The zero-order valence-electron chi connectivity index (χ0n) is 8.89. The lowest BCUT2D eigenvalue weighted by Crippen LogP contribution is -2.64. The van der Waals surface area contributed by atoms with Gasteiger partial charge in [0.2, 0.25) is 5.96 Å². The van der Waals surface area contributed by atoms with Crippen LogP contribution in [0, 0.1) is 5.92 Å². The van der Waals surface area contributed by atoms with Gasteiger partial charge in [-0.05, 0) is 18.6 Å². The van der Waals surface area contributed by atoms with Crippen LogP contribution in [0.15, 0.2) is 29.0 Å². The van der Waals surface area contributed by atoms with Gasteiger partial charge >= 0.3 is 0 Å². The minimum absolute atomic E-state index is 0.251. The Balaban J connectivity index is 1.92. The van der Waals surface area contributed by atoms with Gasteiger partial charge in [-0.25, -0.2) is 5.01 Å². The van der Waals surface area contributed by atoms with Crippen LogP contribution in [0.3, 0.4) is 0 Å². The zero-order chi connectivity index (χ0) is 11.2. The maximum atomic E-state index is 6.44. The number of nitrogens with two attached hydrogens (primary N) is 2. The lowest BCUT2D eigenvalue weighted by atomic mass is 9.90. The molecule has 0 aromatic heterocycles. The number of nitrogens with zero attached hydrogens (tertiary/aromatic N) is 2. The molecule has 5 N–H and O–H groups in total. The van der Waals surface area contributed by atoms with E-state index in [1.54, 1.807) is 0 Å². The Labute approximate surface area is 93.6 Å². The van der Waals surface area contributed by atoms with Crippen molar-refractivity contribution < 1.29 is 4.74 Å². The van der Waals surface area contributed by atoms with E-state index >= 15 is 0 Å². The van der Waals surface area contributed by atoms with Gasteiger partial charge in [-0.3, -0.25) is 5.43 Å². The molecule has 86 valence electrons. The first kappa shape index (κ1) is 9.68. The van der Waals surface area contributed by atoms with Crippen LogP contribution in [0.2, 0.25) is 0 Å². The zero-order valence-corrected chi connectivity index (χ0v) is 8.89. The molecule has 0 aromatic rings. The van der Waals surface area contributed by atoms with Crippen molar-refractivity contribution >= 4 is 5.96 Å². The molecule has 6 heteroatoms. The van der Waals surface area contributed by atoms with Crippen molar-refractivity contribution in [2.45, 2.75) is 12.1 Å². The lowest BCUT2D eigenvalue weighted by Gasteiger charge is -2.42. The quantitative estimate of drug-likeness (QED) is 0.541. The van der Waals surface area contributed by atoms with Gasteiger partial charge in [-0.15, -0.1) is 0 Å². The molecule has 0 amide bonds. The van der Waals surface area contributed by atoms with Crippen LogP contribution in [0.1, 0.15) is 6.42 Å². The van der Waals surface area contributed by atoms with Crippen molar-refractivity contribution in [3.8, 4) is 0 Å². The molecule has 2 unspecified atom stereocenters. The Bertz CT molecular complexity index is 396. The average molecular weight is 221 g/mol. The Morgan fingerprint density at radius 1 is 1.62 bits per heavy atom. The van der Waals surface area contributed by atoms with E-state index in [9.17, 15) is 0 Å². The van der Waals surface area contributed by atoms with Crippen LogP contribution in [-0.4, -0.2) is 29.8 Å². The minimum atomic E-state index is -0.606. The Hall–Kier alpha value is -1.53. The van der Waals surface area contributed by atoms with Gasteiger partial charge in [-0.1, -0.05) is 6.08 Å². The van der Waals surface area contributed by atoms with Crippen LogP contribution < -0.4 is 16.9 Å². The molecule has 3 aliphatic heterocycles. The number of hydrogen-bond acceptors (Lipinski definition) is 6. The van der Waals surface area contributed by atoms with Crippen LogP contribution in [0.4, 0.5) is 0 Å². The summed E-state index contributed by atoms with van der Waals surface area (Å²) in [6.07, 6.45) is 6.73. The molecule has 2 atom stereocenters. The highest BCUT2D eigenvalue weighted by molar-refractivity contribution is 5.80. The van der Waals surface area contributed by atoms with Crippen molar-refractivity contribution in [3.63, 3.8) is 0 Å². The molecule has 0 radical (unpaired) electrons. The van der Waals surface area contributed by atoms with Crippen LogP contribution >= 0.6 is 0 Å². The summed E-state index contributed by atoms with van der Waals surface area (Å²) in [6.45, 7) is 1.44. The highest BCUT2D eigenvalue weighted by atomic mass is 16.5. The first-order chi connectivity index (χ1) is 7.70. The molecule has 16 heavy (non-hydrogen) atoms. The number of ether oxygens (including phenoxy) is 1. The van der Waals surface area contributed by atoms with Gasteiger partial charge in [0.05, 0.1) is 6.61 Å². The first-order valence-electron chi connectivity index (χ1n) is 5.37. The van der Waals surface area contributed by atoms with E-state index < -0.39 is 5.66 Å². The van der Waals surface area contributed by atoms with E-state index in [4.69, 9.17) is 16.2 Å². The molecule has 6 nitrogen and oxygen atoms in total. The van der Waals surface area contributed by atoms with Gasteiger partial charge < -0.3 is 16.2 Å². The molecule has 1 fully saturated rings. The predicted molar refractivity (Wildman–Crippen MR) is 59.7 cm³/mol. The summed E-state index contributed by atoms with van der Waals surface area (Å²) in [5.41, 5.74) is 14.5. The molecule has 0 spiro atoms. The molecule has 3 heterocycles. The fraction of sp³-hybridized carbons (Fsp3) is 0.500. The third kappa shape index (κ3) is 1.23. The summed E-state index contributed by atoms with van der Waals surface area (Å²) in [7, 11) is 0. The van der Waals surface area contributed by atoms with Crippen LogP contribution in [0.5, 0.6) is 0 Å². The summed E-state index contributed by atoms with van der Waals surface area (Å²) >= 11 is 0. The normalized spacial score (nSPS) is 36.8. The van der Waals surface area contributed by atoms with Crippen molar-refractivity contribution in [1.29, 1.82) is 0 Å². The van der Waals surface area contributed by atoms with Gasteiger partial charge in [0.1, 0.15) is 5.66 Å². The minimum Gasteiger partial charge on any atom is -0.381 e. The van der Waals surface area contributed by atoms with E-state index in [2.05, 4.69) is 10.4 Å². The molecule has 0 aromatic carbocycles. The lowest BCUT2D eigenvalue weighted by molar-refractivity contribution is 0.0781. The van der Waals surface area contributed by atoms with Crippen LogP contribution in [0.25, 0.3) is 0 Å². The van der Waals surface area contributed by atoms with Crippen molar-refractivity contribution in [3.05, 3.63) is 24.0 Å². The number of hydrazine groups is 1. The molecule has 0 saturated carbocycles. The first-order valence-corrected chi connectivity index (χ1v) is 5.37. The molecule has 1 saturated heterocycles. The third-order valence-electron chi connectivity index (χ3n) is 3.27. The number of guanidine groups is 1. The number of allylic oxidation sites excluding steroid dienone is 2. The molecular weight excluding hydrogens is 206 g/mol. The highest BCUT2D eigenvalue weighted by Gasteiger charge is 2.45. The number of aliphatic imine (C=N–C) groups is 1. The highest BCUT2D eigenvalue weighted by Crippen LogP contribution is 2.33. The molecule has 3 rings (SSSR count). The summed E-state index contributed by atoms with van der Waals surface area (Å²) in [4.78, 5) is 4.18. The topological polar surface area (TPSA) is 88.9 Å². The van der Waals surface area contributed by atoms with Gasteiger partial charge in [0.15, 0.2) is 5.82 Å². The van der Waals surface area contributed by atoms with Crippen LogP contribution in [-0.2, 0) is 4.74 Å². The average Bonchev–Trinajstić information content (AvgIpc) is 2.85. The van der Waals surface area contributed by atoms with Gasteiger partial charge in [0.25, 0.3) is 0 Å². The van der Waals surface area contributed by atoms with Crippen molar-refractivity contribution in [2.75, 3.05) is 13.2 Å². The molecule has 0 bridgehead atoms. The predicted octanol–water partition coefficient (Wildman–Crippen LogP) is -0.776. The van der Waals surface area contributed by atoms with E-state index in [1.165, 1.54) is 0 Å². The maximum Gasteiger partial charge on any atom is 0.214 e. The number of hydrogen-bond donors (Lipinski definition) is 3. The molecular formula is C10H15N5O. The second-order valence-corrected chi connectivity index (χ2v) is 4.28. The van der Waals surface area contributed by atoms with E-state index in [1.807, 2.05) is 23.2 Å². The maximum absolute atomic E-state index is 6.44. The van der Waals surface area contributed by atoms with Gasteiger partial charge in [-0.2, -0.15) is 4.99 Å². The summed E-state index contributed by atoms with van der Waals surface area (Å²) < 4.78 is 5.39. The SMILES string of the molecule is NC1=NC2=CC=CC(N)(C3CCOC3)N2N1. The summed E-state index contributed by atoms with van der Waals surface area (Å²) in [6, 6.07) is 0. The standard InChI is InChI=1S/C10H15N5O/c11-9-13-8-2-1-4-10(12,15(8)14-9)7-3-5-16-6-7/h1-2,4,7H,3,5-6,12H2,(H3,11,13,14). The Kier molecular flexibility index (Phi) is 1.95. The number of rotatable bonds is 1. The second kappa shape index (κ2) is 3.23. The van der Waals surface area contributed by atoms with E-state index in [0.29, 0.717) is 12.6 Å². The number of nitrogens with one attached hydrogen (secondary N) is 1. The second-order valence-electron chi connectivity index (χ2n) is 4.28. The monoisotopic (exact) mass is 221 g/mol. The summed E-state index contributed by atoms with van der Waals surface area (Å²) in [5.74, 6) is 1.39. The molecule has 3 aliphatic rings.